The molecule has 0 N–H and O–H groups in total. The van der Waals surface area contributed by atoms with Crippen molar-refractivity contribution in [2.75, 3.05) is 0 Å². The topological polar surface area (TPSA) is 25.8 Å². The molecule has 4 rings (SSSR count). The van der Waals surface area contributed by atoms with E-state index in [9.17, 15) is 17.6 Å². The minimum atomic E-state index is -0.948. The van der Waals surface area contributed by atoms with Gasteiger partial charge in [-0.1, -0.05) is 43.7 Å². The van der Waals surface area contributed by atoms with Crippen molar-refractivity contribution in [2.24, 2.45) is 0 Å². The number of unbranched alkanes of at least 4 members (excludes halogenated alkanes) is 2. The Hall–Kier alpha value is -3.72. The smallest absolute Gasteiger partial charge is 0.166 e. The third-order valence-corrected chi connectivity index (χ3v) is 5.31. The lowest BCUT2D eigenvalue weighted by atomic mass is 10.1. The molecule has 0 saturated heterocycles. The van der Waals surface area contributed by atoms with Crippen molar-refractivity contribution in [3.63, 3.8) is 0 Å². The Balaban J connectivity index is 1.58. The van der Waals surface area contributed by atoms with E-state index in [-0.39, 0.29) is 22.3 Å². The van der Waals surface area contributed by atoms with Gasteiger partial charge in [-0.2, -0.15) is 0 Å². The highest BCUT2D eigenvalue weighted by Gasteiger charge is 2.13. The van der Waals surface area contributed by atoms with Crippen LogP contribution in [-0.2, 0) is 6.42 Å². The summed E-state index contributed by atoms with van der Waals surface area (Å²) in [5, 5.41) is 0.547. The fraction of sp³-hybridized carbons (Fsp3) is 0.185. The number of nitrogens with zero attached hydrogens (tertiary/aromatic N) is 2. The molecular formula is C27H20F4N2. The molecule has 0 bridgehead atoms. The first kappa shape index (κ1) is 22.5. The first-order valence-electron chi connectivity index (χ1n) is 10.7. The summed E-state index contributed by atoms with van der Waals surface area (Å²) < 4.78 is 56.5. The molecule has 0 spiro atoms. The van der Waals surface area contributed by atoms with Crippen LogP contribution in [0, 0.1) is 35.1 Å². The average Bonchev–Trinajstić information content (AvgIpc) is 2.81. The van der Waals surface area contributed by atoms with Gasteiger partial charge in [0.25, 0.3) is 0 Å². The zero-order chi connectivity index (χ0) is 23.4. The van der Waals surface area contributed by atoms with Crippen LogP contribution >= 0.6 is 0 Å². The number of benzene rings is 3. The van der Waals surface area contributed by atoms with Crippen molar-refractivity contribution in [2.45, 2.75) is 32.6 Å². The summed E-state index contributed by atoms with van der Waals surface area (Å²) in [6.07, 6.45) is 7.49. The number of hydrogen-bond acceptors (Lipinski definition) is 2. The van der Waals surface area contributed by atoms with Crippen LogP contribution in [0.2, 0.25) is 0 Å². The fourth-order valence-corrected chi connectivity index (χ4v) is 3.51. The molecule has 0 aliphatic rings. The zero-order valence-corrected chi connectivity index (χ0v) is 17.9. The Kier molecular flexibility index (Phi) is 6.69. The summed E-state index contributed by atoms with van der Waals surface area (Å²) in [4.78, 5) is 8.48. The van der Waals surface area contributed by atoms with E-state index in [0.717, 1.165) is 49.4 Å². The summed E-state index contributed by atoms with van der Waals surface area (Å²) in [6.45, 7) is 2.13. The molecule has 33 heavy (non-hydrogen) atoms. The predicted octanol–water partition coefficient (Wildman–Crippen LogP) is 6.99. The summed E-state index contributed by atoms with van der Waals surface area (Å²) in [6, 6.07) is 9.13. The summed E-state index contributed by atoms with van der Waals surface area (Å²) >= 11 is 0. The van der Waals surface area contributed by atoms with Crippen LogP contribution in [0.5, 0.6) is 0 Å². The van der Waals surface area contributed by atoms with E-state index in [2.05, 4.69) is 28.7 Å². The molecule has 6 heteroatoms. The van der Waals surface area contributed by atoms with Gasteiger partial charge < -0.3 is 0 Å². The highest BCUT2D eigenvalue weighted by atomic mass is 19.2. The molecule has 2 nitrogen and oxygen atoms in total. The first-order chi connectivity index (χ1) is 16.0. The minimum Gasteiger partial charge on any atom is -0.236 e. The highest BCUT2D eigenvalue weighted by molar-refractivity contribution is 5.84. The van der Waals surface area contributed by atoms with Crippen LogP contribution in [0.4, 0.5) is 17.6 Å². The van der Waals surface area contributed by atoms with Crippen LogP contribution < -0.4 is 0 Å². The number of halogens is 4. The fourth-order valence-electron chi connectivity index (χ4n) is 3.51. The van der Waals surface area contributed by atoms with E-state index in [1.165, 1.54) is 24.3 Å². The van der Waals surface area contributed by atoms with Gasteiger partial charge in [-0.05, 0) is 54.1 Å². The number of rotatable bonds is 5. The van der Waals surface area contributed by atoms with E-state index in [0.29, 0.717) is 10.9 Å². The Morgan fingerprint density at radius 1 is 0.788 bits per heavy atom. The van der Waals surface area contributed by atoms with Crippen molar-refractivity contribution in [3.8, 4) is 23.2 Å². The van der Waals surface area contributed by atoms with Gasteiger partial charge in [0.15, 0.2) is 17.5 Å². The number of aryl methyl sites for hydroxylation is 1. The molecule has 1 aromatic heterocycles. The van der Waals surface area contributed by atoms with Crippen molar-refractivity contribution in [1.82, 2.24) is 9.97 Å². The van der Waals surface area contributed by atoms with Gasteiger partial charge in [0.05, 0.1) is 5.56 Å². The van der Waals surface area contributed by atoms with Crippen molar-refractivity contribution in [1.29, 1.82) is 0 Å². The second kappa shape index (κ2) is 9.83. The van der Waals surface area contributed by atoms with Crippen LogP contribution in [0.1, 0.15) is 42.9 Å². The van der Waals surface area contributed by atoms with Crippen molar-refractivity contribution in [3.05, 3.63) is 94.8 Å². The van der Waals surface area contributed by atoms with Crippen LogP contribution in [-0.4, -0.2) is 9.97 Å². The second-order valence-corrected chi connectivity index (χ2v) is 7.73. The minimum absolute atomic E-state index is 0.110. The van der Waals surface area contributed by atoms with E-state index < -0.39 is 23.3 Å². The highest BCUT2D eigenvalue weighted by Crippen LogP contribution is 2.23. The van der Waals surface area contributed by atoms with Crippen LogP contribution in [0.3, 0.4) is 0 Å². The number of hydrogen-bond donors (Lipinski definition) is 0. The lowest BCUT2D eigenvalue weighted by molar-refractivity contribution is 0.517. The molecule has 4 aromatic rings. The molecule has 166 valence electrons. The zero-order valence-electron chi connectivity index (χ0n) is 17.9. The van der Waals surface area contributed by atoms with Gasteiger partial charge in [-0.3, -0.25) is 0 Å². The monoisotopic (exact) mass is 448 g/mol. The molecule has 1 heterocycles. The van der Waals surface area contributed by atoms with Crippen molar-refractivity contribution >= 4 is 10.8 Å². The lowest BCUT2D eigenvalue weighted by Crippen LogP contribution is -1.97. The molecule has 0 saturated carbocycles. The van der Waals surface area contributed by atoms with Gasteiger partial charge in [-0.25, -0.2) is 27.5 Å². The average molecular weight is 448 g/mol. The molecule has 0 aliphatic carbocycles. The van der Waals surface area contributed by atoms with Crippen LogP contribution in [0.25, 0.3) is 22.2 Å². The third kappa shape index (κ3) is 5.04. The van der Waals surface area contributed by atoms with Gasteiger partial charge in [0.1, 0.15) is 11.6 Å². The third-order valence-electron chi connectivity index (χ3n) is 5.31. The Labute approximate surface area is 189 Å². The number of aromatic nitrogens is 2. The molecule has 0 fully saturated rings. The quantitative estimate of drug-likeness (QED) is 0.187. The van der Waals surface area contributed by atoms with Gasteiger partial charge >= 0.3 is 0 Å². The standard InChI is InChI=1S/C27H20F4N2/c1-2-3-4-5-18-15-32-27(33-16-18)20-13-24(29)22(25(30)14-20)10-7-17-6-9-21-19(12-17)8-11-23(28)26(21)31/h6,8-9,11-16H,2-5H2,1H3. The molecule has 0 radical (unpaired) electrons. The first-order valence-corrected chi connectivity index (χ1v) is 10.7. The van der Waals surface area contributed by atoms with Crippen LogP contribution in [0.15, 0.2) is 54.9 Å². The Morgan fingerprint density at radius 3 is 2.21 bits per heavy atom. The maximum absolute atomic E-state index is 14.6. The molecule has 0 amide bonds. The van der Waals surface area contributed by atoms with Gasteiger partial charge in [0, 0.05) is 28.9 Å². The van der Waals surface area contributed by atoms with E-state index >= 15 is 0 Å². The Bertz CT molecular complexity index is 1350. The molecule has 3 aromatic carbocycles. The lowest BCUT2D eigenvalue weighted by Gasteiger charge is -2.05. The largest absolute Gasteiger partial charge is 0.236 e. The molecule has 0 atom stereocenters. The predicted molar refractivity (Wildman–Crippen MR) is 120 cm³/mol. The summed E-state index contributed by atoms with van der Waals surface area (Å²) in [7, 11) is 0. The van der Waals surface area contributed by atoms with E-state index in [1.54, 1.807) is 12.4 Å². The Morgan fingerprint density at radius 2 is 1.52 bits per heavy atom. The van der Waals surface area contributed by atoms with Crippen molar-refractivity contribution < 1.29 is 17.6 Å². The molecular weight excluding hydrogens is 428 g/mol. The summed E-state index contributed by atoms with van der Waals surface area (Å²) in [5.74, 6) is 1.86. The van der Waals surface area contributed by atoms with Gasteiger partial charge in [0.2, 0.25) is 0 Å². The maximum atomic E-state index is 14.6. The maximum Gasteiger partial charge on any atom is 0.166 e. The second-order valence-electron chi connectivity index (χ2n) is 7.73. The normalized spacial score (nSPS) is 10.8. The van der Waals surface area contributed by atoms with E-state index in [4.69, 9.17) is 0 Å². The number of fused-ring (bicyclic) bond motifs is 1. The van der Waals surface area contributed by atoms with E-state index in [1.807, 2.05) is 0 Å². The molecule has 0 unspecified atom stereocenters. The van der Waals surface area contributed by atoms with Gasteiger partial charge in [-0.15, -0.1) is 0 Å². The molecule has 0 aliphatic heterocycles. The SMILES string of the molecule is CCCCCc1cnc(-c2cc(F)c(C#Cc3ccc4c(F)c(F)ccc4c3)c(F)c2)nc1. The summed E-state index contributed by atoms with van der Waals surface area (Å²) in [5.41, 5.74) is 1.23.